The lowest BCUT2D eigenvalue weighted by molar-refractivity contribution is 0.592. The van der Waals surface area contributed by atoms with Crippen LogP contribution in [0, 0.1) is 6.92 Å². The Bertz CT molecular complexity index is 3510. The van der Waals surface area contributed by atoms with E-state index in [1.807, 2.05) is 27.7 Å². The van der Waals surface area contributed by atoms with Crippen LogP contribution < -0.4 is 0 Å². The van der Waals surface area contributed by atoms with Crippen LogP contribution in [0.4, 0.5) is 0 Å². The van der Waals surface area contributed by atoms with Gasteiger partial charge in [0.15, 0.2) is 0 Å². The Labute approximate surface area is 422 Å². The zero-order valence-electron chi connectivity index (χ0n) is 42.1. The van der Waals surface area contributed by atoms with Gasteiger partial charge >= 0.3 is 0 Å². The molecule has 1 unspecified atom stereocenters. The quantitative estimate of drug-likeness (QED) is 0.162. The van der Waals surface area contributed by atoms with Crippen LogP contribution in [0.1, 0.15) is 97.5 Å². The minimum atomic E-state index is -0.416. The van der Waals surface area contributed by atoms with Gasteiger partial charge in [-0.1, -0.05) is 246 Å². The molecule has 2 spiro atoms. The second kappa shape index (κ2) is 18.8. The van der Waals surface area contributed by atoms with Crippen LogP contribution in [0.15, 0.2) is 247 Å². The standard InChI is InChI=1S/C48H34.C19H16.2C2H6/c1-30-27-46-45(26-25-33-28-31-13-2-3-14-32(31)29-38(30)33)47(39-19-7-4-17-36(39)37-18-12-24-42(37)47)43-22-10-11-23-44(43)48(46)40-20-8-5-15-34(40)35-16-6-9-21-41(35)48;1-15-12-18(16-8-4-2-5-9-16)14-19(13-15)17-10-6-3-7-11-17;2*1-2/h2-17,19-24,27-29H,18,25-26H2,1H3;2-14H,1H3;2*1-2H3/b30-27+;;;. The molecule has 0 amide bonds. The summed E-state index contributed by atoms with van der Waals surface area (Å²) in [6, 6.07) is 78.9. The highest BCUT2D eigenvalue weighted by molar-refractivity contribution is 5.96. The molecule has 14 rings (SSSR count). The van der Waals surface area contributed by atoms with Crippen molar-refractivity contribution in [1.29, 1.82) is 0 Å². The van der Waals surface area contributed by atoms with E-state index in [0.29, 0.717) is 0 Å². The van der Waals surface area contributed by atoms with Crippen LogP contribution in [0.3, 0.4) is 0 Å². The van der Waals surface area contributed by atoms with E-state index in [4.69, 9.17) is 0 Å². The average Bonchev–Trinajstić information content (AvgIpc) is 4.12. The van der Waals surface area contributed by atoms with Crippen molar-refractivity contribution in [1.82, 2.24) is 0 Å². The largest absolute Gasteiger partial charge is 0.0798 e. The summed E-state index contributed by atoms with van der Waals surface area (Å²) in [7, 11) is 0. The number of rotatable bonds is 2. The number of benzene rings is 9. The van der Waals surface area contributed by atoms with Crippen LogP contribution in [0.2, 0.25) is 0 Å². The van der Waals surface area contributed by atoms with Crippen molar-refractivity contribution < 1.29 is 0 Å². The molecule has 5 aliphatic carbocycles. The highest BCUT2D eigenvalue weighted by Crippen LogP contribution is 2.69. The van der Waals surface area contributed by atoms with Gasteiger partial charge in [-0.05, 0) is 167 Å². The third-order valence-corrected chi connectivity index (χ3v) is 15.6. The Balaban J connectivity index is 0.000000199. The summed E-state index contributed by atoms with van der Waals surface area (Å²) < 4.78 is 0. The van der Waals surface area contributed by atoms with Crippen molar-refractivity contribution in [3.63, 3.8) is 0 Å². The Morgan fingerprint density at radius 2 is 0.831 bits per heavy atom. The SMILES string of the molecule is C/C1=C\C2=C(CCc3cc4ccccc4cc31)C1(C3=C(CC=C3)c3ccccc31)c1ccccc1C21c2ccccc2-c2ccccc21.CC.CC.Cc1cc(-c2ccccc2)cc(-c2ccccc2)c1. The lowest BCUT2D eigenvalue weighted by Crippen LogP contribution is -2.44. The third-order valence-electron chi connectivity index (χ3n) is 15.6. The first-order valence-corrected chi connectivity index (χ1v) is 26.0. The van der Waals surface area contributed by atoms with Gasteiger partial charge in [0.25, 0.3) is 0 Å². The molecule has 71 heavy (non-hydrogen) atoms. The molecule has 5 aliphatic rings. The van der Waals surface area contributed by atoms with E-state index in [-0.39, 0.29) is 5.41 Å². The molecule has 0 N–H and O–H groups in total. The topological polar surface area (TPSA) is 0 Å². The van der Waals surface area contributed by atoms with Crippen LogP contribution in [0.25, 0.3) is 55.3 Å². The number of allylic oxidation sites excluding steroid dienone is 8. The van der Waals surface area contributed by atoms with Crippen molar-refractivity contribution in [3.05, 3.63) is 297 Å². The van der Waals surface area contributed by atoms with E-state index < -0.39 is 5.41 Å². The molecule has 0 heteroatoms. The number of hydrogen-bond acceptors (Lipinski definition) is 0. The summed E-state index contributed by atoms with van der Waals surface area (Å²) in [6.45, 7) is 12.5. The highest BCUT2D eigenvalue weighted by atomic mass is 14.6. The van der Waals surface area contributed by atoms with Crippen molar-refractivity contribution >= 4 is 21.9 Å². The minimum absolute atomic E-state index is 0.340. The number of hydrogen-bond donors (Lipinski definition) is 0. The van der Waals surface area contributed by atoms with Gasteiger partial charge in [-0.3, -0.25) is 0 Å². The fraction of sp³-hybridized carbons (Fsp3) is 0.155. The second-order valence-electron chi connectivity index (χ2n) is 19.1. The molecule has 0 radical (unpaired) electrons. The van der Waals surface area contributed by atoms with Crippen LogP contribution in [-0.2, 0) is 17.3 Å². The van der Waals surface area contributed by atoms with E-state index >= 15 is 0 Å². The van der Waals surface area contributed by atoms with Crippen molar-refractivity contribution in [2.24, 2.45) is 0 Å². The molecule has 0 aliphatic heterocycles. The minimum Gasteiger partial charge on any atom is -0.0798 e. The van der Waals surface area contributed by atoms with Gasteiger partial charge in [0, 0.05) is 0 Å². The molecule has 9 aromatic carbocycles. The van der Waals surface area contributed by atoms with Gasteiger partial charge in [0.1, 0.15) is 0 Å². The van der Waals surface area contributed by atoms with Gasteiger partial charge in [0.05, 0.1) is 10.8 Å². The van der Waals surface area contributed by atoms with Gasteiger partial charge in [-0.15, -0.1) is 0 Å². The third kappa shape index (κ3) is 7.10. The molecule has 9 aromatic rings. The molecule has 346 valence electrons. The van der Waals surface area contributed by atoms with E-state index in [0.717, 1.165) is 19.3 Å². The zero-order valence-corrected chi connectivity index (χ0v) is 42.1. The average molecular weight is 915 g/mol. The molecule has 0 nitrogen and oxygen atoms in total. The monoisotopic (exact) mass is 914 g/mol. The van der Waals surface area contributed by atoms with Crippen LogP contribution in [0.5, 0.6) is 0 Å². The number of aryl methyl sites for hydroxylation is 2. The fourth-order valence-corrected chi connectivity index (χ4v) is 12.9. The lowest BCUT2D eigenvalue weighted by atomic mass is 9.51. The Morgan fingerprint density at radius 1 is 0.366 bits per heavy atom. The predicted molar refractivity (Wildman–Crippen MR) is 304 cm³/mol. The maximum Gasteiger partial charge on any atom is 0.0717 e. The van der Waals surface area contributed by atoms with Gasteiger partial charge in [0.2, 0.25) is 0 Å². The summed E-state index contributed by atoms with van der Waals surface area (Å²) >= 11 is 0. The van der Waals surface area contributed by atoms with E-state index in [1.54, 1.807) is 5.57 Å². The van der Waals surface area contributed by atoms with E-state index in [9.17, 15) is 0 Å². The molecule has 0 saturated heterocycles. The first-order chi connectivity index (χ1) is 35.0. The van der Waals surface area contributed by atoms with E-state index in [1.165, 1.54) is 117 Å². The molecule has 0 aromatic heterocycles. The summed E-state index contributed by atoms with van der Waals surface area (Å²) in [5.41, 5.74) is 27.1. The van der Waals surface area contributed by atoms with Crippen molar-refractivity contribution in [2.75, 3.05) is 0 Å². The normalized spacial score (nSPS) is 17.5. The van der Waals surface area contributed by atoms with Gasteiger partial charge in [-0.25, -0.2) is 0 Å². The Morgan fingerprint density at radius 3 is 1.41 bits per heavy atom. The lowest BCUT2D eigenvalue weighted by Gasteiger charge is -2.50. The molecule has 0 heterocycles. The summed E-state index contributed by atoms with van der Waals surface area (Å²) in [5.74, 6) is 0. The zero-order chi connectivity index (χ0) is 48.7. The molecular weight excluding hydrogens is 853 g/mol. The fourth-order valence-electron chi connectivity index (χ4n) is 12.9. The molecule has 0 saturated carbocycles. The molecule has 0 fully saturated rings. The highest BCUT2D eigenvalue weighted by Gasteiger charge is 2.60. The maximum absolute atomic E-state index is 2.62. The Kier molecular flexibility index (Phi) is 12.1. The predicted octanol–water partition coefficient (Wildman–Crippen LogP) is 18.9. The van der Waals surface area contributed by atoms with E-state index in [2.05, 4.69) is 244 Å². The van der Waals surface area contributed by atoms with Crippen LogP contribution >= 0.6 is 0 Å². The maximum atomic E-state index is 2.62. The first kappa shape index (κ1) is 45.6. The second-order valence-corrected chi connectivity index (χ2v) is 19.1. The summed E-state index contributed by atoms with van der Waals surface area (Å²) in [6.07, 6.45) is 10.5. The number of fused-ring (bicyclic) bond motifs is 16. The van der Waals surface area contributed by atoms with Crippen LogP contribution in [-0.4, -0.2) is 0 Å². The van der Waals surface area contributed by atoms with Crippen molar-refractivity contribution in [3.8, 4) is 33.4 Å². The molecular formula is C71H62. The smallest absolute Gasteiger partial charge is 0.0717 e. The molecule has 0 bridgehead atoms. The Hall–Kier alpha value is -7.80. The molecule has 1 atom stereocenters. The van der Waals surface area contributed by atoms with Crippen molar-refractivity contribution in [2.45, 2.75) is 71.6 Å². The summed E-state index contributed by atoms with van der Waals surface area (Å²) in [4.78, 5) is 0. The first-order valence-electron chi connectivity index (χ1n) is 26.0. The summed E-state index contributed by atoms with van der Waals surface area (Å²) in [5, 5.41) is 2.64. The van der Waals surface area contributed by atoms with Gasteiger partial charge < -0.3 is 0 Å². The van der Waals surface area contributed by atoms with Gasteiger partial charge in [-0.2, -0.15) is 0 Å².